The van der Waals surface area contributed by atoms with Crippen LogP contribution in [0.5, 0.6) is 0 Å². The van der Waals surface area contributed by atoms with Crippen molar-refractivity contribution < 1.29 is 19.1 Å². The van der Waals surface area contributed by atoms with E-state index in [9.17, 15) is 9.59 Å². The molecule has 4 heteroatoms. The Morgan fingerprint density at radius 2 is 1.81 bits per heavy atom. The van der Waals surface area contributed by atoms with E-state index in [2.05, 4.69) is 13.2 Å². The van der Waals surface area contributed by atoms with Crippen molar-refractivity contribution in [2.75, 3.05) is 6.61 Å². The Morgan fingerprint density at radius 1 is 1.05 bits per heavy atom. The summed E-state index contributed by atoms with van der Waals surface area (Å²) in [5.74, 6) is 2.18. The smallest absolute Gasteiger partial charge is 0.330 e. The first-order valence-electron chi connectivity index (χ1n) is 7.76. The van der Waals surface area contributed by atoms with Crippen molar-refractivity contribution in [2.45, 2.75) is 31.8 Å². The Kier molecular flexibility index (Phi) is 3.87. The monoisotopic (exact) mass is 290 g/mol. The maximum absolute atomic E-state index is 11.4. The molecule has 0 saturated heterocycles. The minimum absolute atomic E-state index is 0.0622. The molecule has 0 N–H and O–H groups in total. The molecule has 3 saturated carbocycles. The van der Waals surface area contributed by atoms with E-state index < -0.39 is 0 Å². The van der Waals surface area contributed by atoms with E-state index in [0.717, 1.165) is 19.3 Å². The lowest BCUT2D eigenvalue weighted by atomic mass is 9.75. The first-order valence-corrected chi connectivity index (χ1v) is 7.76. The topological polar surface area (TPSA) is 52.6 Å². The Hall–Kier alpha value is -1.58. The molecule has 0 radical (unpaired) electrons. The van der Waals surface area contributed by atoms with Crippen LogP contribution in [0.15, 0.2) is 25.3 Å². The van der Waals surface area contributed by atoms with Crippen LogP contribution in [0.25, 0.3) is 0 Å². The predicted molar refractivity (Wildman–Crippen MR) is 77.2 cm³/mol. The molecule has 0 aliphatic heterocycles. The van der Waals surface area contributed by atoms with Gasteiger partial charge in [0.15, 0.2) is 0 Å². The van der Waals surface area contributed by atoms with E-state index in [1.54, 1.807) is 0 Å². The number of carbonyl (C=O) groups excluding carboxylic acids is 2. The summed E-state index contributed by atoms with van der Waals surface area (Å²) in [6.07, 6.45) is 6.88. The lowest BCUT2D eigenvalue weighted by Gasteiger charge is -2.33. The zero-order valence-electron chi connectivity index (χ0n) is 12.2. The average Bonchev–Trinajstić information content (AvgIpc) is 3.16. The van der Waals surface area contributed by atoms with Gasteiger partial charge in [-0.2, -0.15) is 0 Å². The Labute approximate surface area is 125 Å². The van der Waals surface area contributed by atoms with Crippen LogP contribution in [-0.4, -0.2) is 24.6 Å². The van der Waals surface area contributed by atoms with Crippen LogP contribution in [0.1, 0.15) is 25.7 Å². The third kappa shape index (κ3) is 2.52. The van der Waals surface area contributed by atoms with Crippen LogP contribution in [0.3, 0.4) is 0 Å². The number of rotatable bonds is 5. The molecule has 3 rings (SSSR count). The first-order chi connectivity index (χ1) is 10.1. The minimum atomic E-state index is -0.335. The molecule has 4 nitrogen and oxygen atoms in total. The molecule has 114 valence electrons. The maximum Gasteiger partial charge on any atom is 0.330 e. The van der Waals surface area contributed by atoms with Gasteiger partial charge in [0, 0.05) is 18.1 Å². The van der Waals surface area contributed by atoms with E-state index in [-0.39, 0.29) is 18.0 Å². The van der Waals surface area contributed by atoms with Crippen LogP contribution in [0, 0.1) is 29.6 Å². The number of hydrogen-bond acceptors (Lipinski definition) is 4. The third-order valence-corrected chi connectivity index (χ3v) is 5.63. The number of esters is 2. The van der Waals surface area contributed by atoms with E-state index in [1.807, 2.05) is 0 Å². The molecule has 3 aliphatic rings. The van der Waals surface area contributed by atoms with Gasteiger partial charge in [-0.3, -0.25) is 0 Å². The highest BCUT2D eigenvalue weighted by Crippen LogP contribution is 2.61. The standard InChI is InChI=1S/C17H22O4/c1-3-15(18)20-9-11-7-10-8-13(11)12-5-6-14(17(10)12)21-16(19)4-2/h3-4,10-14,17H,1-2,5-9H2. The van der Waals surface area contributed by atoms with Crippen molar-refractivity contribution in [3.8, 4) is 0 Å². The van der Waals surface area contributed by atoms with Gasteiger partial charge >= 0.3 is 11.9 Å². The van der Waals surface area contributed by atoms with Crippen molar-refractivity contribution >= 4 is 11.9 Å². The van der Waals surface area contributed by atoms with Gasteiger partial charge in [0.25, 0.3) is 0 Å². The average molecular weight is 290 g/mol. The molecular weight excluding hydrogens is 268 g/mol. The number of ether oxygens (including phenoxy) is 2. The second-order valence-electron chi connectivity index (χ2n) is 6.49. The lowest BCUT2D eigenvalue weighted by molar-refractivity contribution is -0.147. The first kappa shape index (κ1) is 14.4. The SMILES string of the molecule is C=CC(=O)OCC1CC2CC1C1CCC(OC(=O)C=C)C21. The second-order valence-corrected chi connectivity index (χ2v) is 6.49. The maximum atomic E-state index is 11.4. The number of hydrogen-bond donors (Lipinski definition) is 0. The molecule has 21 heavy (non-hydrogen) atoms. The van der Waals surface area contributed by atoms with Crippen LogP contribution in [0.4, 0.5) is 0 Å². The Morgan fingerprint density at radius 3 is 2.52 bits per heavy atom. The van der Waals surface area contributed by atoms with Gasteiger partial charge in [-0.05, 0) is 49.4 Å². The van der Waals surface area contributed by atoms with Crippen molar-refractivity contribution in [1.82, 2.24) is 0 Å². The van der Waals surface area contributed by atoms with Crippen LogP contribution in [-0.2, 0) is 19.1 Å². The van der Waals surface area contributed by atoms with Gasteiger partial charge in [0.05, 0.1) is 6.61 Å². The summed E-state index contributed by atoms with van der Waals surface area (Å²) in [5, 5.41) is 0. The summed E-state index contributed by atoms with van der Waals surface area (Å²) in [4.78, 5) is 22.6. The number of fused-ring (bicyclic) bond motifs is 5. The van der Waals surface area contributed by atoms with E-state index in [4.69, 9.17) is 9.47 Å². The highest BCUT2D eigenvalue weighted by molar-refractivity contribution is 5.81. The van der Waals surface area contributed by atoms with Gasteiger partial charge in [0.1, 0.15) is 6.10 Å². The van der Waals surface area contributed by atoms with Crippen molar-refractivity contribution in [2.24, 2.45) is 29.6 Å². The summed E-state index contributed by atoms with van der Waals surface area (Å²) in [5.41, 5.74) is 0. The molecule has 3 fully saturated rings. The third-order valence-electron chi connectivity index (χ3n) is 5.63. The van der Waals surface area contributed by atoms with Gasteiger partial charge in [0.2, 0.25) is 0 Å². The molecule has 0 amide bonds. The molecule has 0 spiro atoms. The molecule has 3 aliphatic carbocycles. The van der Waals surface area contributed by atoms with Gasteiger partial charge < -0.3 is 9.47 Å². The van der Waals surface area contributed by atoms with E-state index in [0.29, 0.717) is 36.2 Å². The fraction of sp³-hybridized carbons (Fsp3) is 0.647. The van der Waals surface area contributed by atoms with Gasteiger partial charge in [-0.15, -0.1) is 0 Å². The molecule has 0 aromatic carbocycles. The molecule has 0 aromatic heterocycles. The quantitative estimate of drug-likeness (QED) is 0.576. The fourth-order valence-electron chi connectivity index (χ4n) is 4.99. The zero-order valence-corrected chi connectivity index (χ0v) is 12.2. The van der Waals surface area contributed by atoms with E-state index in [1.165, 1.54) is 18.6 Å². The van der Waals surface area contributed by atoms with Crippen LogP contribution < -0.4 is 0 Å². The normalized spacial score (nSPS) is 39.6. The van der Waals surface area contributed by atoms with Crippen LogP contribution in [0.2, 0.25) is 0 Å². The molecule has 6 unspecified atom stereocenters. The second kappa shape index (κ2) is 5.66. The molecule has 2 bridgehead atoms. The molecule has 6 atom stereocenters. The van der Waals surface area contributed by atoms with Gasteiger partial charge in [-0.25, -0.2) is 9.59 Å². The Balaban J connectivity index is 1.59. The summed E-state index contributed by atoms with van der Waals surface area (Å²) in [6.45, 7) is 7.39. The largest absolute Gasteiger partial charge is 0.462 e. The highest BCUT2D eigenvalue weighted by Gasteiger charge is 2.58. The summed E-state index contributed by atoms with van der Waals surface area (Å²) >= 11 is 0. The summed E-state index contributed by atoms with van der Waals surface area (Å²) in [6, 6.07) is 0. The molecular formula is C17H22O4. The van der Waals surface area contributed by atoms with Crippen molar-refractivity contribution in [3.05, 3.63) is 25.3 Å². The highest BCUT2D eigenvalue weighted by atomic mass is 16.5. The number of carbonyl (C=O) groups is 2. The Bertz CT molecular complexity index is 469. The summed E-state index contributed by atoms with van der Waals surface area (Å²) in [7, 11) is 0. The van der Waals surface area contributed by atoms with Crippen molar-refractivity contribution in [1.29, 1.82) is 0 Å². The van der Waals surface area contributed by atoms with Crippen molar-refractivity contribution in [3.63, 3.8) is 0 Å². The van der Waals surface area contributed by atoms with E-state index >= 15 is 0 Å². The lowest BCUT2D eigenvalue weighted by Crippen LogP contribution is -2.33. The summed E-state index contributed by atoms with van der Waals surface area (Å²) < 4.78 is 10.8. The predicted octanol–water partition coefficient (Wildman–Crippen LogP) is 2.50. The molecule has 0 aromatic rings. The molecule has 0 heterocycles. The zero-order chi connectivity index (χ0) is 15.0. The fourth-order valence-corrected chi connectivity index (χ4v) is 4.99. The minimum Gasteiger partial charge on any atom is -0.462 e. The van der Waals surface area contributed by atoms with Crippen LogP contribution >= 0.6 is 0 Å². The van der Waals surface area contributed by atoms with Gasteiger partial charge in [-0.1, -0.05) is 13.2 Å².